The lowest BCUT2D eigenvalue weighted by Crippen LogP contribution is -2.18. The summed E-state index contributed by atoms with van der Waals surface area (Å²) in [6.45, 7) is 4.65. The van der Waals surface area contributed by atoms with Crippen LogP contribution in [0.5, 0.6) is 0 Å². The van der Waals surface area contributed by atoms with Crippen LogP contribution in [0.15, 0.2) is 23.1 Å². The Morgan fingerprint density at radius 3 is 2.88 bits per heavy atom. The third-order valence-corrected chi connectivity index (χ3v) is 5.75. The highest BCUT2D eigenvalue weighted by Crippen LogP contribution is 2.27. The number of rotatable bonds is 3. The molecule has 4 heteroatoms. The molecule has 0 spiro atoms. The van der Waals surface area contributed by atoms with E-state index in [1.54, 1.807) is 13.0 Å². The number of fused-ring (bicyclic) bond motifs is 1. The summed E-state index contributed by atoms with van der Waals surface area (Å²) in [4.78, 5) is 0.467. The van der Waals surface area contributed by atoms with E-state index >= 15 is 0 Å². The highest BCUT2D eigenvalue weighted by atomic mass is 32.2. The van der Waals surface area contributed by atoms with Crippen molar-refractivity contribution in [1.29, 1.82) is 0 Å². The number of sulfone groups is 1. The molecular formula is C13H19NO2S. The zero-order valence-electron chi connectivity index (χ0n) is 10.4. The summed E-state index contributed by atoms with van der Waals surface area (Å²) in [5, 5.41) is 2.98. The third-order valence-electron chi connectivity index (χ3n) is 3.45. The first-order valence-electron chi connectivity index (χ1n) is 6.16. The maximum atomic E-state index is 12.2. The Balaban J connectivity index is 2.41. The molecule has 1 heterocycles. The number of benzene rings is 1. The maximum absolute atomic E-state index is 12.2. The summed E-state index contributed by atoms with van der Waals surface area (Å²) in [6, 6.07) is 5.45. The van der Waals surface area contributed by atoms with Crippen LogP contribution >= 0.6 is 0 Å². The molecule has 1 unspecified atom stereocenters. The molecule has 0 saturated heterocycles. The van der Waals surface area contributed by atoms with Crippen molar-refractivity contribution in [1.82, 2.24) is 0 Å². The van der Waals surface area contributed by atoms with Crippen molar-refractivity contribution in [2.24, 2.45) is 0 Å². The summed E-state index contributed by atoms with van der Waals surface area (Å²) in [5.74, 6) is 0. The van der Waals surface area contributed by atoms with Crippen LogP contribution in [0.3, 0.4) is 0 Å². The fourth-order valence-electron chi connectivity index (χ4n) is 2.08. The van der Waals surface area contributed by atoms with E-state index in [2.05, 4.69) is 5.32 Å². The van der Waals surface area contributed by atoms with Gasteiger partial charge in [0.05, 0.1) is 10.1 Å². The minimum absolute atomic E-state index is 0.308. The van der Waals surface area contributed by atoms with Crippen LogP contribution in [-0.2, 0) is 16.3 Å². The standard InChI is InChI=1S/C13H19NO2S/c1-3-10(2)17(15,16)12-6-7-13-11(9-12)5-4-8-14-13/h6-7,9-10,14H,3-5,8H2,1-2H3. The summed E-state index contributed by atoms with van der Waals surface area (Å²) in [6.07, 6.45) is 2.68. The van der Waals surface area contributed by atoms with Crippen molar-refractivity contribution in [3.63, 3.8) is 0 Å². The molecule has 1 atom stereocenters. The van der Waals surface area contributed by atoms with Gasteiger partial charge in [-0.25, -0.2) is 8.42 Å². The van der Waals surface area contributed by atoms with Crippen LogP contribution in [0, 0.1) is 0 Å². The van der Waals surface area contributed by atoms with Crippen molar-refractivity contribution in [2.75, 3.05) is 11.9 Å². The molecule has 0 radical (unpaired) electrons. The topological polar surface area (TPSA) is 46.2 Å². The largest absolute Gasteiger partial charge is 0.385 e. The van der Waals surface area contributed by atoms with Gasteiger partial charge in [-0.1, -0.05) is 6.92 Å². The summed E-state index contributed by atoms with van der Waals surface area (Å²) in [5.41, 5.74) is 2.21. The van der Waals surface area contributed by atoms with Crippen LogP contribution in [0.4, 0.5) is 5.69 Å². The molecule has 0 saturated carbocycles. The molecule has 0 amide bonds. The van der Waals surface area contributed by atoms with Crippen molar-refractivity contribution in [2.45, 2.75) is 43.3 Å². The molecule has 0 fully saturated rings. The average Bonchev–Trinajstić information content (AvgIpc) is 2.37. The van der Waals surface area contributed by atoms with Gasteiger partial charge in [0.2, 0.25) is 0 Å². The second-order valence-electron chi connectivity index (χ2n) is 4.61. The minimum atomic E-state index is -3.15. The monoisotopic (exact) mass is 253 g/mol. The first-order valence-corrected chi connectivity index (χ1v) is 7.71. The van der Waals surface area contributed by atoms with E-state index in [-0.39, 0.29) is 5.25 Å². The number of aryl methyl sites for hydroxylation is 1. The zero-order valence-corrected chi connectivity index (χ0v) is 11.2. The molecule has 1 aromatic carbocycles. The van der Waals surface area contributed by atoms with E-state index in [1.807, 2.05) is 19.1 Å². The second-order valence-corrected chi connectivity index (χ2v) is 6.98. The minimum Gasteiger partial charge on any atom is -0.385 e. The van der Waals surface area contributed by atoms with Crippen LogP contribution in [0.2, 0.25) is 0 Å². The zero-order chi connectivity index (χ0) is 12.5. The molecule has 2 rings (SSSR count). The van der Waals surface area contributed by atoms with Crippen molar-refractivity contribution >= 4 is 15.5 Å². The number of anilines is 1. The highest BCUT2D eigenvalue weighted by molar-refractivity contribution is 7.92. The van der Waals surface area contributed by atoms with E-state index in [1.165, 1.54) is 0 Å². The van der Waals surface area contributed by atoms with Gasteiger partial charge in [0.25, 0.3) is 0 Å². The van der Waals surface area contributed by atoms with Crippen molar-refractivity contribution in [3.8, 4) is 0 Å². The van der Waals surface area contributed by atoms with Gasteiger partial charge in [0, 0.05) is 12.2 Å². The number of hydrogen-bond acceptors (Lipinski definition) is 3. The first kappa shape index (κ1) is 12.4. The summed E-state index contributed by atoms with van der Waals surface area (Å²) >= 11 is 0. The quantitative estimate of drug-likeness (QED) is 0.900. The lowest BCUT2D eigenvalue weighted by molar-refractivity contribution is 0.581. The Morgan fingerprint density at radius 1 is 1.41 bits per heavy atom. The predicted octanol–water partition coefficient (Wildman–Crippen LogP) is 2.62. The van der Waals surface area contributed by atoms with E-state index in [0.717, 1.165) is 30.6 Å². The smallest absolute Gasteiger partial charge is 0.180 e. The molecular weight excluding hydrogens is 234 g/mol. The Labute approximate surface area is 103 Å². The molecule has 94 valence electrons. The normalized spacial score (nSPS) is 17.1. The molecule has 0 aromatic heterocycles. The van der Waals surface area contributed by atoms with Crippen molar-refractivity contribution in [3.05, 3.63) is 23.8 Å². The van der Waals surface area contributed by atoms with Gasteiger partial charge in [-0.3, -0.25) is 0 Å². The third kappa shape index (κ3) is 2.32. The fourth-order valence-corrected chi connectivity index (χ4v) is 3.55. The molecule has 1 N–H and O–H groups in total. The Hall–Kier alpha value is -1.03. The number of nitrogens with one attached hydrogen (secondary N) is 1. The van der Waals surface area contributed by atoms with Gasteiger partial charge < -0.3 is 5.32 Å². The molecule has 1 aliphatic heterocycles. The number of hydrogen-bond donors (Lipinski definition) is 1. The SMILES string of the molecule is CCC(C)S(=O)(=O)c1ccc2c(c1)CCCN2. The summed E-state index contributed by atoms with van der Waals surface area (Å²) < 4.78 is 24.5. The van der Waals surface area contributed by atoms with E-state index < -0.39 is 9.84 Å². The van der Waals surface area contributed by atoms with Gasteiger partial charge >= 0.3 is 0 Å². The van der Waals surface area contributed by atoms with Crippen LogP contribution in [-0.4, -0.2) is 20.2 Å². The van der Waals surface area contributed by atoms with Gasteiger partial charge in [0.1, 0.15) is 0 Å². The molecule has 0 bridgehead atoms. The predicted molar refractivity (Wildman–Crippen MR) is 70.2 cm³/mol. The highest BCUT2D eigenvalue weighted by Gasteiger charge is 2.23. The Bertz CT molecular complexity index is 508. The van der Waals surface area contributed by atoms with E-state index in [9.17, 15) is 8.42 Å². The Morgan fingerprint density at radius 2 is 2.18 bits per heavy atom. The van der Waals surface area contributed by atoms with Crippen molar-refractivity contribution < 1.29 is 8.42 Å². The fraction of sp³-hybridized carbons (Fsp3) is 0.538. The van der Waals surface area contributed by atoms with Gasteiger partial charge in [-0.15, -0.1) is 0 Å². The molecule has 1 aliphatic rings. The van der Waals surface area contributed by atoms with Gasteiger partial charge in [0.15, 0.2) is 9.84 Å². The lowest BCUT2D eigenvalue weighted by Gasteiger charge is -2.19. The summed E-state index contributed by atoms with van der Waals surface area (Å²) in [7, 11) is -3.15. The molecule has 0 aliphatic carbocycles. The van der Waals surface area contributed by atoms with Gasteiger partial charge in [-0.05, 0) is 49.9 Å². The van der Waals surface area contributed by atoms with Crippen LogP contribution < -0.4 is 5.32 Å². The second kappa shape index (κ2) is 4.69. The first-order chi connectivity index (χ1) is 8.05. The van der Waals surface area contributed by atoms with Crippen LogP contribution in [0.1, 0.15) is 32.3 Å². The van der Waals surface area contributed by atoms with Gasteiger partial charge in [-0.2, -0.15) is 0 Å². The van der Waals surface area contributed by atoms with E-state index in [0.29, 0.717) is 11.3 Å². The molecule has 17 heavy (non-hydrogen) atoms. The molecule has 1 aromatic rings. The van der Waals surface area contributed by atoms with E-state index in [4.69, 9.17) is 0 Å². The van der Waals surface area contributed by atoms with Crippen LogP contribution in [0.25, 0.3) is 0 Å². The lowest BCUT2D eigenvalue weighted by atomic mass is 10.0. The molecule has 3 nitrogen and oxygen atoms in total. The Kier molecular flexibility index (Phi) is 3.43. The maximum Gasteiger partial charge on any atom is 0.180 e. The average molecular weight is 253 g/mol.